The number of hydrogen-bond donors (Lipinski definition) is 2. The van der Waals surface area contributed by atoms with Crippen LogP contribution in [0.2, 0.25) is 0 Å². The van der Waals surface area contributed by atoms with Gasteiger partial charge in [-0.1, -0.05) is 25.1 Å². The second-order valence-electron chi connectivity index (χ2n) is 7.95. The molecule has 7 nitrogen and oxygen atoms in total. The van der Waals surface area contributed by atoms with Gasteiger partial charge in [-0.2, -0.15) is 5.21 Å². The van der Waals surface area contributed by atoms with Crippen LogP contribution >= 0.6 is 0 Å². The van der Waals surface area contributed by atoms with Crippen molar-refractivity contribution in [1.82, 2.24) is 25.9 Å². The zero-order valence-electron chi connectivity index (χ0n) is 16.8. The molecule has 0 bridgehead atoms. The largest absolute Gasteiger partial charge is 0.367 e. The number of carbonyl (C=O) groups excluding carboxylic acids is 1. The zero-order valence-corrected chi connectivity index (χ0v) is 16.8. The van der Waals surface area contributed by atoms with Gasteiger partial charge >= 0.3 is 0 Å². The number of aromatic nitrogens is 4. The smallest absolute Gasteiger partial charge is 0.178 e. The van der Waals surface area contributed by atoms with E-state index in [1.54, 1.807) is 13.0 Å². The van der Waals surface area contributed by atoms with E-state index in [2.05, 4.69) is 44.7 Å². The lowest BCUT2D eigenvalue weighted by Gasteiger charge is -2.30. The van der Waals surface area contributed by atoms with Gasteiger partial charge in [0.15, 0.2) is 5.82 Å². The number of Topliss-reactive ketones (excluding diaryl/α,β-unsaturated/α-hetero) is 1. The number of aromatic amines is 1. The first-order valence-electron chi connectivity index (χ1n) is 9.93. The molecule has 0 saturated carbocycles. The van der Waals surface area contributed by atoms with Crippen molar-refractivity contribution >= 4 is 11.5 Å². The fraction of sp³-hybridized carbons (Fsp3) is 0.600. The number of ketones is 1. The SMILES string of the molecule is CC(=O)[C@@H](CC(C)C)[C@H](Cc1ccc(N2CCNCC2)c(F)c1)c1nn[nH]n1. The molecule has 8 heteroatoms. The lowest BCUT2D eigenvalue weighted by atomic mass is 9.79. The highest BCUT2D eigenvalue weighted by Crippen LogP contribution is 2.32. The van der Waals surface area contributed by atoms with E-state index < -0.39 is 0 Å². The molecular weight excluding hydrogens is 359 g/mol. The number of piperazine rings is 1. The summed E-state index contributed by atoms with van der Waals surface area (Å²) in [6.07, 6.45) is 1.23. The first-order valence-corrected chi connectivity index (χ1v) is 9.93. The third-order valence-corrected chi connectivity index (χ3v) is 5.35. The predicted octanol–water partition coefficient (Wildman–Crippen LogP) is 2.33. The van der Waals surface area contributed by atoms with Crippen LogP contribution in [0.5, 0.6) is 0 Å². The highest BCUT2D eigenvalue weighted by Gasteiger charge is 2.31. The summed E-state index contributed by atoms with van der Waals surface area (Å²) >= 11 is 0. The Kier molecular flexibility index (Phi) is 6.72. The number of hydrogen-bond acceptors (Lipinski definition) is 6. The number of nitrogens with one attached hydrogen (secondary N) is 2. The van der Waals surface area contributed by atoms with Crippen LogP contribution in [0, 0.1) is 17.7 Å². The summed E-state index contributed by atoms with van der Waals surface area (Å²) in [6, 6.07) is 5.37. The summed E-state index contributed by atoms with van der Waals surface area (Å²) in [7, 11) is 0. The van der Waals surface area contributed by atoms with Crippen molar-refractivity contribution in [2.24, 2.45) is 11.8 Å². The van der Waals surface area contributed by atoms with Crippen molar-refractivity contribution in [3.8, 4) is 0 Å². The van der Waals surface area contributed by atoms with Gasteiger partial charge in [-0.05, 0) is 43.4 Å². The average Bonchev–Trinajstić information content (AvgIpc) is 3.19. The van der Waals surface area contributed by atoms with Gasteiger partial charge in [0.2, 0.25) is 0 Å². The number of halogens is 1. The van der Waals surface area contributed by atoms with Gasteiger partial charge in [-0.3, -0.25) is 4.79 Å². The van der Waals surface area contributed by atoms with Gasteiger partial charge in [0, 0.05) is 38.0 Å². The molecule has 0 spiro atoms. The van der Waals surface area contributed by atoms with E-state index in [-0.39, 0.29) is 23.4 Å². The minimum absolute atomic E-state index is 0.0985. The van der Waals surface area contributed by atoms with Crippen LogP contribution in [-0.2, 0) is 11.2 Å². The number of tetrazole rings is 1. The summed E-state index contributed by atoms with van der Waals surface area (Å²) in [5.41, 5.74) is 1.47. The van der Waals surface area contributed by atoms with E-state index in [0.717, 1.165) is 38.2 Å². The van der Waals surface area contributed by atoms with E-state index >= 15 is 0 Å². The van der Waals surface area contributed by atoms with Gasteiger partial charge in [-0.25, -0.2) is 4.39 Å². The van der Waals surface area contributed by atoms with Crippen LogP contribution < -0.4 is 10.2 Å². The van der Waals surface area contributed by atoms with Crippen LogP contribution in [0.1, 0.15) is 44.5 Å². The molecule has 2 atom stereocenters. The molecular formula is C20H29FN6O. The third kappa shape index (κ3) is 4.92. The van der Waals surface area contributed by atoms with Crippen molar-refractivity contribution < 1.29 is 9.18 Å². The molecule has 0 radical (unpaired) electrons. The van der Waals surface area contributed by atoms with Crippen LogP contribution in [-0.4, -0.2) is 52.6 Å². The zero-order chi connectivity index (χ0) is 20.1. The number of anilines is 1. The van der Waals surface area contributed by atoms with Gasteiger partial charge in [0.1, 0.15) is 11.6 Å². The van der Waals surface area contributed by atoms with E-state index in [1.807, 2.05) is 12.1 Å². The lowest BCUT2D eigenvalue weighted by Crippen LogP contribution is -2.43. The summed E-state index contributed by atoms with van der Waals surface area (Å²) < 4.78 is 14.8. The van der Waals surface area contributed by atoms with Crippen LogP contribution in [0.4, 0.5) is 10.1 Å². The molecule has 1 aliphatic rings. The van der Waals surface area contributed by atoms with Gasteiger partial charge < -0.3 is 10.2 Å². The summed E-state index contributed by atoms with van der Waals surface area (Å²) in [5.74, 6) is 0.273. The van der Waals surface area contributed by atoms with Crippen molar-refractivity contribution in [2.75, 3.05) is 31.1 Å². The Morgan fingerprint density at radius 2 is 2.04 bits per heavy atom. The monoisotopic (exact) mass is 388 g/mol. The van der Waals surface area contributed by atoms with Crippen LogP contribution in [0.15, 0.2) is 18.2 Å². The Balaban J connectivity index is 1.84. The Labute approximate surface area is 165 Å². The first-order chi connectivity index (χ1) is 13.5. The van der Waals surface area contributed by atoms with E-state index in [1.165, 1.54) is 0 Å². The maximum atomic E-state index is 14.8. The average molecular weight is 388 g/mol. The predicted molar refractivity (Wildman–Crippen MR) is 106 cm³/mol. The van der Waals surface area contributed by atoms with E-state index in [9.17, 15) is 9.18 Å². The number of carbonyl (C=O) groups is 1. The summed E-state index contributed by atoms with van der Waals surface area (Å²) in [4.78, 5) is 14.4. The molecule has 2 aromatic rings. The Bertz CT molecular complexity index is 773. The molecule has 1 aliphatic heterocycles. The van der Waals surface area contributed by atoms with Crippen molar-refractivity contribution in [1.29, 1.82) is 0 Å². The molecule has 1 aromatic heterocycles. The molecule has 0 unspecified atom stereocenters. The minimum atomic E-state index is -0.233. The maximum Gasteiger partial charge on any atom is 0.178 e. The highest BCUT2D eigenvalue weighted by molar-refractivity contribution is 5.79. The fourth-order valence-electron chi connectivity index (χ4n) is 3.96. The van der Waals surface area contributed by atoms with Crippen LogP contribution in [0.3, 0.4) is 0 Å². The lowest BCUT2D eigenvalue weighted by molar-refractivity contribution is -0.122. The van der Waals surface area contributed by atoms with Crippen molar-refractivity contribution in [3.05, 3.63) is 35.4 Å². The number of benzene rings is 1. The van der Waals surface area contributed by atoms with Gasteiger partial charge in [0.05, 0.1) is 5.69 Å². The molecule has 0 aliphatic carbocycles. The van der Waals surface area contributed by atoms with Gasteiger partial charge in [-0.15, -0.1) is 10.2 Å². The molecule has 152 valence electrons. The van der Waals surface area contributed by atoms with Gasteiger partial charge in [0.25, 0.3) is 0 Å². The van der Waals surface area contributed by atoms with E-state index in [0.29, 0.717) is 23.9 Å². The second-order valence-corrected chi connectivity index (χ2v) is 7.95. The minimum Gasteiger partial charge on any atom is -0.367 e. The number of H-pyrrole nitrogens is 1. The quantitative estimate of drug-likeness (QED) is 0.722. The topological polar surface area (TPSA) is 86.8 Å². The third-order valence-electron chi connectivity index (χ3n) is 5.35. The fourth-order valence-corrected chi connectivity index (χ4v) is 3.96. The Morgan fingerprint density at radius 1 is 1.29 bits per heavy atom. The standard InChI is InChI=1S/C20H29FN6O/c1-13(2)10-16(14(3)28)17(20-23-25-26-24-20)11-15-4-5-19(18(21)12-15)27-8-6-22-7-9-27/h4-5,12-13,16-17,22H,6-11H2,1-3H3,(H,23,24,25,26)/t16-,17+/m1/s1. The maximum absolute atomic E-state index is 14.8. The van der Waals surface area contributed by atoms with Crippen LogP contribution in [0.25, 0.3) is 0 Å². The number of rotatable bonds is 8. The Morgan fingerprint density at radius 3 is 2.61 bits per heavy atom. The summed E-state index contributed by atoms with van der Waals surface area (Å²) in [6.45, 7) is 9.09. The Hall–Kier alpha value is -2.35. The molecule has 1 fully saturated rings. The normalized spacial score (nSPS) is 17.0. The molecule has 2 heterocycles. The number of nitrogens with zero attached hydrogens (tertiary/aromatic N) is 4. The second kappa shape index (κ2) is 9.23. The van der Waals surface area contributed by atoms with E-state index in [4.69, 9.17) is 0 Å². The highest BCUT2D eigenvalue weighted by atomic mass is 19.1. The molecule has 3 rings (SSSR count). The molecule has 1 aromatic carbocycles. The van der Waals surface area contributed by atoms with Crippen molar-refractivity contribution in [3.63, 3.8) is 0 Å². The first kappa shape index (κ1) is 20.4. The molecule has 28 heavy (non-hydrogen) atoms. The molecule has 2 N–H and O–H groups in total. The summed E-state index contributed by atoms with van der Waals surface area (Å²) in [5, 5.41) is 17.7. The molecule has 1 saturated heterocycles. The molecule has 0 amide bonds. The van der Waals surface area contributed by atoms with Crippen molar-refractivity contribution in [2.45, 2.75) is 39.5 Å².